The maximum absolute atomic E-state index is 12.5. The predicted molar refractivity (Wildman–Crippen MR) is 98.5 cm³/mol. The molecule has 1 aliphatic heterocycles. The minimum Gasteiger partial charge on any atom is -0.336 e. The largest absolute Gasteiger partial charge is 0.336 e. The van der Waals surface area contributed by atoms with Crippen LogP contribution in [0, 0.1) is 0 Å². The van der Waals surface area contributed by atoms with Crippen LogP contribution in [0.4, 0.5) is 0 Å². The first kappa shape index (κ1) is 15.8. The number of fused-ring (bicyclic) bond motifs is 1. The second-order valence-electron chi connectivity index (χ2n) is 6.43. The van der Waals surface area contributed by atoms with Crippen molar-refractivity contribution in [2.45, 2.75) is 6.54 Å². The highest BCUT2D eigenvalue weighted by molar-refractivity contribution is 5.94. The fourth-order valence-corrected chi connectivity index (χ4v) is 3.38. The van der Waals surface area contributed by atoms with Crippen LogP contribution in [0.15, 0.2) is 60.9 Å². The number of hydrogen-bond donors (Lipinski definition) is 0. The van der Waals surface area contributed by atoms with Crippen molar-refractivity contribution in [2.75, 3.05) is 32.7 Å². The van der Waals surface area contributed by atoms with Gasteiger partial charge in [0.25, 0.3) is 5.91 Å². The Kier molecular flexibility index (Phi) is 4.48. The summed E-state index contributed by atoms with van der Waals surface area (Å²) < 4.78 is 2.21. The molecule has 0 spiro atoms. The Morgan fingerprint density at radius 3 is 2.40 bits per heavy atom. The molecular weight excluding hydrogens is 312 g/mol. The highest BCUT2D eigenvalue weighted by Gasteiger charge is 2.21. The standard InChI is InChI=1S/C20H22N4O/c25-20(17-6-2-1-3-7-17)23-13-10-22(11-14-23)12-15-24-16-21-18-8-4-5-9-19(18)24/h1-9,16H,10-15H2. The van der Waals surface area contributed by atoms with E-state index in [2.05, 4.69) is 26.6 Å². The van der Waals surface area contributed by atoms with Gasteiger partial charge >= 0.3 is 0 Å². The topological polar surface area (TPSA) is 41.4 Å². The van der Waals surface area contributed by atoms with Gasteiger partial charge in [0.05, 0.1) is 17.4 Å². The van der Waals surface area contributed by atoms with E-state index in [0.29, 0.717) is 0 Å². The maximum Gasteiger partial charge on any atom is 0.253 e. The molecule has 0 unspecified atom stereocenters. The summed E-state index contributed by atoms with van der Waals surface area (Å²) in [7, 11) is 0. The maximum atomic E-state index is 12.5. The molecule has 1 aliphatic rings. The Hall–Kier alpha value is -2.66. The van der Waals surface area contributed by atoms with E-state index in [1.165, 1.54) is 5.52 Å². The Morgan fingerprint density at radius 2 is 1.60 bits per heavy atom. The lowest BCUT2D eigenvalue weighted by Crippen LogP contribution is -2.49. The highest BCUT2D eigenvalue weighted by Crippen LogP contribution is 2.13. The fraction of sp³-hybridized carbons (Fsp3) is 0.300. The van der Waals surface area contributed by atoms with Crippen LogP contribution in [0.25, 0.3) is 11.0 Å². The van der Waals surface area contributed by atoms with Crippen LogP contribution in [0.5, 0.6) is 0 Å². The van der Waals surface area contributed by atoms with Gasteiger partial charge in [-0.2, -0.15) is 0 Å². The molecule has 0 aliphatic carbocycles. The van der Waals surface area contributed by atoms with Crippen LogP contribution in [-0.2, 0) is 6.54 Å². The van der Waals surface area contributed by atoms with E-state index >= 15 is 0 Å². The summed E-state index contributed by atoms with van der Waals surface area (Å²) in [6.07, 6.45) is 1.92. The monoisotopic (exact) mass is 334 g/mol. The Bertz CT molecular complexity index is 850. The Balaban J connectivity index is 1.31. The Labute approximate surface area is 147 Å². The van der Waals surface area contributed by atoms with Crippen molar-refractivity contribution in [2.24, 2.45) is 0 Å². The molecule has 0 atom stereocenters. The van der Waals surface area contributed by atoms with E-state index in [1.807, 2.05) is 53.7 Å². The lowest BCUT2D eigenvalue weighted by Gasteiger charge is -2.34. The van der Waals surface area contributed by atoms with Crippen LogP contribution < -0.4 is 0 Å². The molecule has 0 N–H and O–H groups in total. The number of hydrogen-bond acceptors (Lipinski definition) is 3. The summed E-state index contributed by atoms with van der Waals surface area (Å²) in [5, 5.41) is 0. The molecular formula is C20H22N4O. The molecule has 0 bridgehead atoms. The number of carbonyl (C=O) groups is 1. The molecule has 1 saturated heterocycles. The molecule has 1 amide bonds. The second-order valence-corrected chi connectivity index (χ2v) is 6.43. The van der Waals surface area contributed by atoms with Crippen LogP contribution in [0.2, 0.25) is 0 Å². The zero-order valence-corrected chi connectivity index (χ0v) is 14.2. The summed E-state index contributed by atoms with van der Waals surface area (Å²) in [5.41, 5.74) is 3.00. The quantitative estimate of drug-likeness (QED) is 0.736. The summed E-state index contributed by atoms with van der Waals surface area (Å²) in [4.78, 5) is 21.3. The van der Waals surface area contributed by atoms with Crippen LogP contribution in [0.3, 0.4) is 0 Å². The van der Waals surface area contributed by atoms with Gasteiger partial charge in [-0.3, -0.25) is 9.69 Å². The number of rotatable bonds is 4. The number of imidazole rings is 1. The van der Waals surface area contributed by atoms with Crippen molar-refractivity contribution < 1.29 is 4.79 Å². The average Bonchev–Trinajstić information content (AvgIpc) is 3.10. The van der Waals surface area contributed by atoms with E-state index in [1.54, 1.807) is 0 Å². The lowest BCUT2D eigenvalue weighted by atomic mass is 10.2. The van der Waals surface area contributed by atoms with Gasteiger partial charge in [-0.1, -0.05) is 30.3 Å². The van der Waals surface area contributed by atoms with Crippen LogP contribution in [0.1, 0.15) is 10.4 Å². The third kappa shape index (κ3) is 3.42. The second kappa shape index (κ2) is 7.07. The SMILES string of the molecule is O=C(c1ccccc1)N1CCN(CCn2cnc3ccccc32)CC1. The number of benzene rings is 2. The van der Waals surface area contributed by atoms with Crippen molar-refractivity contribution in [3.63, 3.8) is 0 Å². The number of nitrogens with zero attached hydrogens (tertiary/aromatic N) is 4. The molecule has 4 rings (SSSR count). The third-order valence-corrected chi connectivity index (χ3v) is 4.86. The molecule has 128 valence electrons. The van der Waals surface area contributed by atoms with E-state index < -0.39 is 0 Å². The molecule has 1 fully saturated rings. The van der Waals surface area contributed by atoms with Gasteiger partial charge in [-0.15, -0.1) is 0 Å². The van der Waals surface area contributed by atoms with Gasteiger partial charge in [0, 0.05) is 44.8 Å². The third-order valence-electron chi connectivity index (χ3n) is 4.86. The molecule has 0 saturated carbocycles. The van der Waals surface area contributed by atoms with E-state index in [-0.39, 0.29) is 5.91 Å². The molecule has 5 heteroatoms. The van der Waals surface area contributed by atoms with Gasteiger partial charge in [0.1, 0.15) is 0 Å². The molecule has 25 heavy (non-hydrogen) atoms. The van der Waals surface area contributed by atoms with Crippen molar-refractivity contribution in [3.05, 3.63) is 66.5 Å². The molecule has 5 nitrogen and oxygen atoms in total. The fourth-order valence-electron chi connectivity index (χ4n) is 3.38. The van der Waals surface area contributed by atoms with Crippen molar-refractivity contribution in [3.8, 4) is 0 Å². The molecule has 3 aromatic rings. The molecule has 2 aromatic carbocycles. The first-order valence-electron chi connectivity index (χ1n) is 8.78. The number of piperazine rings is 1. The number of para-hydroxylation sites is 2. The van der Waals surface area contributed by atoms with Gasteiger partial charge in [-0.25, -0.2) is 4.98 Å². The zero-order chi connectivity index (χ0) is 17.1. The van der Waals surface area contributed by atoms with Gasteiger partial charge < -0.3 is 9.47 Å². The van der Waals surface area contributed by atoms with Gasteiger partial charge in [-0.05, 0) is 24.3 Å². The zero-order valence-electron chi connectivity index (χ0n) is 14.2. The predicted octanol–water partition coefficient (Wildman–Crippen LogP) is 2.49. The van der Waals surface area contributed by atoms with Gasteiger partial charge in [0.2, 0.25) is 0 Å². The van der Waals surface area contributed by atoms with Gasteiger partial charge in [0.15, 0.2) is 0 Å². The first-order chi connectivity index (χ1) is 12.3. The van der Waals surface area contributed by atoms with E-state index in [9.17, 15) is 4.79 Å². The van der Waals surface area contributed by atoms with Crippen molar-refractivity contribution >= 4 is 16.9 Å². The number of aromatic nitrogens is 2. The summed E-state index contributed by atoms with van der Waals surface area (Å²) >= 11 is 0. The Morgan fingerprint density at radius 1 is 0.880 bits per heavy atom. The van der Waals surface area contributed by atoms with Crippen molar-refractivity contribution in [1.29, 1.82) is 0 Å². The molecule has 2 heterocycles. The highest BCUT2D eigenvalue weighted by atomic mass is 16.2. The number of amides is 1. The minimum atomic E-state index is 0.140. The van der Waals surface area contributed by atoms with Crippen LogP contribution in [-0.4, -0.2) is 58.0 Å². The molecule has 0 radical (unpaired) electrons. The van der Waals surface area contributed by atoms with E-state index in [4.69, 9.17) is 0 Å². The first-order valence-corrected chi connectivity index (χ1v) is 8.78. The summed E-state index contributed by atoms with van der Waals surface area (Å²) in [6.45, 7) is 5.33. The summed E-state index contributed by atoms with van der Waals surface area (Å²) in [6, 6.07) is 17.8. The normalized spacial score (nSPS) is 15.6. The van der Waals surface area contributed by atoms with Crippen molar-refractivity contribution in [1.82, 2.24) is 19.4 Å². The average molecular weight is 334 g/mol. The smallest absolute Gasteiger partial charge is 0.253 e. The van der Waals surface area contributed by atoms with E-state index in [0.717, 1.165) is 50.3 Å². The summed E-state index contributed by atoms with van der Waals surface area (Å²) in [5.74, 6) is 0.140. The van der Waals surface area contributed by atoms with Crippen LogP contribution >= 0.6 is 0 Å². The minimum absolute atomic E-state index is 0.140. The lowest BCUT2D eigenvalue weighted by molar-refractivity contribution is 0.0633. The number of carbonyl (C=O) groups excluding carboxylic acids is 1. The molecule has 1 aromatic heterocycles.